The van der Waals surface area contributed by atoms with Crippen LogP contribution in [0.3, 0.4) is 0 Å². The average molecular weight is 289 g/mol. The monoisotopic (exact) mass is 289 g/mol. The molecule has 1 saturated carbocycles. The molecule has 1 fully saturated rings. The van der Waals surface area contributed by atoms with Crippen LogP contribution in [0, 0.1) is 0 Å². The average Bonchev–Trinajstić information content (AvgIpc) is 3.00. The van der Waals surface area contributed by atoms with Gasteiger partial charge in [0.2, 0.25) is 0 Å². The van der Waals surface area contributed by atoms with Gasteiger partial charge in [0.05, 0.1) is 13.2 Å². The normalized spacial score (nSPS) is 16.0. The summed E-state index contributed by atoms with van der Waals surface area (Å²) in [4.78, 5) is 4.70. The van der Waals surface area contributed by atoms with Crippen LogP contribution in [0.4, 0.5) is 0 Å². The van der Waals surface area contributed by atoms with Gasteiger partial charge in [-0.1, -0.05) is 31.0 Å². The minimum absolute atomic E-state index is 0.574. The topological polar surface area (TPSA) is 45.7 Å². The summed E-state index contributed by atoms with van der Waals surface area (Å²) in [6, 6.07) is 8.69. The summed E-state index contributed by atoms with van der Waals surface area (Å²) in [5, 5.41) is 6.87. The molecule has 1 aromatic rings. The molecule has 0 unspecified atom stereocenters. The van der Waals surface area contributed by atoms with E-state index < -0.39 is 0 Å². The Labute approximate surface area is 128 Å². The van der Waals surface area contributed by atoms with Crippen LogP contribution < -0.4 is 15.4 Å². The molecule has 1 aromatic carbocycles. The Kier molecular flexibility index (Phi) is 6.38. The van der Waals surface area contributed by atoms with Gasteiger partial charge in [0.15, 0.2) is 5.96 Å². The van der Waals surface area contributed by atoms with E-state index in [9.17, 15) is 0 Å². The summed E-state index contributed by atoms with van der Waals surface area (Å²) in [7, 11) is 0. The van der Waals surface area contributed by atoms with Crippen molar-refractivity contribution in [3.8, 4) is 5.75 Å². The number of benzene rings is 1. The molecule has 21 heavy (non-hydrogen) atoms. The molecule has 1 aliphatic rings. The molecule has 4 nitrogen and oxygen atoms in total. The molecule has 1 aliphatic carbocycles. The maximum atomic E-state index is 5.65. The van der Waals surface area contributed by atoms with Gasteiger partial charge in [0.1, 0.15) is 5.75 Å². The highest BCUT2D eigenvalue weighted by atomic mass is 16.5. The minimum atomic E-state index is 0.574. The van der Waals surface area contributed by atoms with Crippen LogP contribution in [0.25, 0.3) is 0 Å². The fourth-order valence-corrected chi connectivity index (χ4v) is 2.68. The summed E-state index contributed by atoms with van der Waals surface area (Å²) in [6.07, 6.45) is 5.15. The molecule has 0 saturated heterocycles. The second-order valence-electron chi connectivity index (χ2n) is 5.36. The quantitative estimate of drug-likeness (QED) is 0.625. The summed E-state index contributed by atoms with van der Waals surface area (Å²) in [5.74, 6) is 1.84. The van der Waals surface area contributed by atoms with E-state index in [1.807, 2.05) is 25.1 Å². The van der Waals surface area contributed by atoms with Crippen LogP contribution in [0.2, 0.25) is 0 Å². The van der Waals surface area contributed by atoms with Gasteiger partial charge in [-0.3, -0.25) is 0 Å². The highest BCUT2D eigenvalue weighted by Gasteiger charge is 2.15. The van der Waals surface area contributed by atoms with Crippen molar-refractivity contribution in [3.63, 3.8) is 0 Å². The number of hydrogen-bond donors (Lipinski definition) is 2. The molecule has 116 valence electrons. The van der Waals surface area contributed by atoms with E-state index in [2.05, 4.69) is 23.6 Å². The smallest absolute Gasteiger partial charge is 0.191 e. The van der Waals surface area contributed by atoms with Crippen LogP contribution in [0.1, 0.15) is 45.1 Å². The molecular weight excluding hydrogens is 262 g/mol. The van der Waals surface area contributed by atoms with Crippen LogP contribution in [-0.2, 0) is 6.54 Å². The van der Waals surface area contributed by atoms with Crippen LogP contribution in [0.15, 0.2) is 29.3 Å². The zero-order valence-electron chi connectivity index (χ0n) is 13.2. The summed E-state index contributed by atoms with van der Waals surface area (Å²) in [6.45, 7) is 6.30. The second kappa shape index (κ2) is 8.55. The highest BCUT2D eigenvalue weighted by Crippen LogP contribution is 2.19. The molecule has 0 aromatic heterocycles. The zero-order valence-corrected chi connectivity index (χ0v) is 13.2. The van der Waals surface area contributed by atoms with Crippen LogP contribution >= 0.6 is 0 Å². The Morgan fingerprint density at radius 1 is 1.24 bits per heavy atom. The first-order valence-electron chi connectivity index (χ1n) is 8.09. The van der Waals surface area contributed by atoms with E-state index in [0.717, 1.165) is 23.8 Å². The molecule has 0 spiro atoms. The molecule has 0 aliphatic heterocycles. The largest absolute Gasteiger partial charge is 0.494 e. The van der Waals surface area contributed by atoms with E-state index in [0.29, 0.717) is 19.2 Å². The van der Waals surface area contributed by atoms with E-state index in [1.165, 1.54) is 25.7 Å². The van der Waals surface area contributed by atoms with Gasteiger partial charge in [-0.25, -0.2) is 4.99 Å². The first-order chi connectivity index (χ1) is 10.3. The highest BCUT2D eigenvalue weighted by molar-refractivity contribution is 5.80. The number of nitrogens with one attached hydrogen (secondary N) is 2. The number of ether oxygens (including phenoxy) is 1. The van der Waals surface area contributed by atoms with Gasteiger partial charge >= 0.3 is 0 Å². The lowest BCUT2D eigenvalue weighted by atomic mass is 10.2. The molecule has 0 heterocycles. The van der Waals surface area contributed by atoms with Gasteiger partial charge in [0.25, 0.3) is 0 Å². The second-order valence-corrected chi connectivity index (χ2v) is 5.36. The third-order valence-electron chi connectivity index (χ3n) is 3.72. The molecular formula is C17H27N3O. The Hall–Kier alpha value is -1.71. The van der Waals surface area contributed by atoms with Crippen molar-refractivity contribution < 1.29 is 4.74 Å². The molecule has 4 heteroatoms. The predicted octanol–water partition coefficient (Wildman–Crippen LogP) is 3.08. The van der Waals surface area contributed by atoms with Crippen molar-refractivity contribution in [3.05, 3.63) is 29.8 Å². The first kappa shape index (κ1) is 15.7. The fraction of sp³-hybridized carbons (Fsp3) is 0.588. The Morgan fingerprint density at radius 2 is 2.00 bits per heavy atom. The maximum absolute atomic E-state index is 5.65. The molecule has 2 rings (SSSR count). The molecule has 0 radical (unpaired) electrons. The van der Waals surface area contributed by atoms with Gasteiger partial charge in [-0.15, -0.1) is 0 Å². The predicted molar refractivity (Wildman–Crippen MR) is 87.8 cm³/mol. The van der Waals surface area contributed by atoms with E-state index in [-0.39, 0.29) is 0 Å². The summed E-state index contributed by atoms with van der Waals surface area (Å²) < 4.78 is 5.65. The summed E-state index contributed by atoms with van der Waals surface area (Å²) in [5.41, 5.74) is 1.13. The van der Waals surface area contributed by atoms with E-state index in [1.54, 1.807) is 0 Å². The standard InChI is InChI=1S/C17H27N3O/c1-3-18-17(20-15-10-6-7-11-15)19-13-14-9-5-8-12-16(14)21-4-2/h5,8-9,12,15H,3-4,6-7,10-11,13H2,1-2H3,(H2,18,19,20). The van der Waals surface area contributed by atoms with Crippen molar-refractivity contribution in [2.45, 2.75) is 52.1 Å². The number of guanidine groups is 1. The molecule has 0 bridgehead atoms. The number of rotatable bonds is 6. The van der Waals surface area contributed by atoms with Gasteiger partial charge in [-0.05, 0) is 32.8 Å². The lowest BCUT2D eigenvalue weighted by Gasteiger charge is -2.17. The van der Waals surface area contributed by atoms with Crippen molar-refractivity contribution in [2.75, 3.05) is 13.2 Å². The lowest BCUT2D eigenvalue weighted by Crippen LogP contribution is -2.42. The number of nitrogens with zero attached hydrogens (tertiary/aromatic N) is 1. The molecule has 2 N–H and O–H groups in total. The fourth-order valence-electron chi connectivity index (χ4n) is 2.68. The van der Waals surface area contributed by atoms with Crippen molar-refractivity contribution in [2.24, 2.45) is 4.99 Å². The molecule has 0 atom stereocenters. The zero-order chi connectivity index (χ0) is 14.9. The number of aliphatic imine (C=N–C) groups is 1. The Balaban J connectivity index is 2.00. The number of hydrogen-bond acceptors (Lipinski definition) is 2. The van der Waals surface area contributed by atoms with Gasteiger partial charge in [0, 0.05) is 18.2 Å². The van der Waals surface area contributed by atoms with Crippen LogP contribution in [-0.4, -0.2) is 25.2 Å². The Morgan fingerprint density at radius 3 is 2.71 bits per heavy atom. The van der Waals surface area contributed by atoms with E-state index in [4.69, 9.17) is 9.73 Å². The third-order valence-corrected chi connectivity index (χ3v) is 3.72. The lowest BCUT2D eigenvalue weighted by molar-refractivity contribution is 0.336. The Bertz CT molecular complexity index is 453. The maximum Gasteiger partial charge on any atom is 0.191 e. The molecule has 0 amide bonds. The van der Waals surface area contributed by atoms with Crippen LogP contribution in [0.5, 0.6) is 5.75 Å². The van der Waals surface area contributed by atoms with Gasteiger partial charge in [-0.2, -0.15) is 0 Å². The minimum Gasteiger partial charge on any atom is -0.494 e. The van der Waals surface area contributed by atoms with Crippen molar-refractivity contribution in [1.29, 1.82) is 0 Å². The number of para-hydroxylation sites is 1. The third kappa shape index (κ3) is 4.96. The van der Waals surface area contributed by atoms with Crippen molar-refractivity contribution in [1.82, 2.24) is 10.6 Å². The summed E-state index contributed by atoms with van der Waals surface area (Å²) >= 11 is 0. The van der Waals surface area contributed by atoms with Gasteiger partial charge < -0.3 is 15.4 Å². The first-order valence-corrected chi connectivity index (χ1v) is 8.09. The van der Waals surface area contributed by atoms with Crippen molar-refractivity contribution >= 4 is 5.96 Å². The SMILES string of the molecule is CCNC(=NCc1ccccc1OCC)NC1CCCC1. The van der Waals surface area contributed by atoms with E-state index >= 15 is 0 Å².